The highest BCUT2D eigenvalue weighted by Crippen LogP contribution is 2.43. The standard InChI is InChI=1S/C17H20FNO4/c1-11-6-8-17(9-7-11)19(14(10-23-17)16(21)22)15(20)12-4-2-3-5-13(12)18/h2-5,11,14H,6-10H2,1H3,(H,21,22)/t11?,14-,17?/m0/s1. The Balaban J connectivity index is 1.98. The number of ether oxygens (including phenoxy) is 1. The van der Waals surface area contributed by atoms with E-state index < -0.39 is 29.5 Å². The van der Waals surface area contributed by atoms with Crippen molar-refractivity contribution in [2.24, 2.45) is 5.92 Å². The Morgan fingerprint density at radius 2 is 1.96 bits per heavy atom. The molecule has 1 aromatic rings. The first-order valence-corrected chi connectivity index (χ1v) is 7.89. The van der Waals surface area contributed by atoms with Crippen LogP contribution >= 0.6 is 0 Å². The number of amides is 1. The van der Waals surface area contributed by atoms with Gasteiger partial charge in [0.05, 0.1) is 12.2 Å². The third-order valence-corrected chi connectivity index (χ3v) is 4.92. The van der Waals surface area contributed by atoms with Gasteiger partial charge in [0.15, 0.2) is 6.04 Å². The number of benzene rings is 1. The number of carboxylic acid groups (broad SMARTS) is 1. The molecule has 1 aromatic carbocycles. The van der Waals surface area contributed by atoms with E-state index in [9.17, 15) is 19.1 Å². The van der Waals surface area contributed by atoms with Gasteiger partial charge in [-0.05, 0) is 43.7 Å². The minimum atomic E-state index is -1.12. The zero-order valence-electron chi connectivity index (χ0n) is 13.0. The summed E-state index contributed by atoms with van der Waals surface area (Å²) in [6, 6.07) is 4.58. The summed E-state index contributed by atoms with van der Waals surface area (Å²) in [7, 11) is 0. The van der Waals surface area contributed by atoms with Crippen molar-refractivity contribution in [3.8, 4) is 0 Å². The van der Waals surface area contributed by atoms with Crippen LogP contribution in [-0.2, 0) is 9.53 Å². The second-order valence-electron chi connectivity index (χ2n) is 6.45. The van der Waals surface area contributed by atoms with Crippen LogP contribution in [0.3, 0.4) is 0 Å². The van der Waals surface area contributed by atoms with Crippen molar-refractivity contribution in [3.05, 3.63) is 35.6 Å². The third kappa shape index (κ3) is 2.72. The van der Waals surface area contributed by atoms with Crippen molar-refractivity contribution < 1.29 is 23.8 Å². The first kappa shape index (κ1) is 15.9. The number of carboxylic acids is 1. The summed E-state index contributed by atoms with van der Waals surface area (Å²) in [6.07, 6.45) is 2.87. The van der Waals surface area contributed by atoms with Crippen LogP contribution in [0.15, 0.2) is 24.3 Å². The van der Waals surface area contributed by atoms with Gasteiger partial charge < -0.3 is 9.84 Å². The number of hydrogen-bond acceptors (Lipinski definition) is 3. The van der Waals surface area contributed by atoms with Gasteiger partial charge in [-0.2, -0.15) is 0 Å². The van der Waals surface area contributed by atoms with E-state index >= 15 is 0 Å². The lowest BCUT2D eigenvalue weighted by molar-refractivity contribution is -0.143. The molecule has 1 saturated carbocycles. The van der Waals surface area contributed by atoms with Gasteiger partial charge in [0.25, 0.3) is 5.91 Å². The molecule has 0 unspecified atom stereocenters. The maximum absolute atomic E-state index is 14.0. The first-order chi connectivity index (χ1) is 10.9. The van der Waals surface area contributed by atoms with E-state index in [1.807, 2.05) is 0 Å². The van der Waals surface area contributed by atoms with E-state index in [1.165, 1.54) is 23.1 Å². The summed E-state index contributed by atoms with van der Waals surface area (Å²) in [5.74, 6) is -1.86. The average molecular weight is 321 g/mol. The molecule has 0 aromatic heterocycles. The van der Waals surface area contributed by atoms with Gasteiger partial charge in [-0.15, -0.1) is 0 Å². The minimum absolute atomic E-state index is 0.0517. The van der Waals surface area contributed by atoms with Crippen LogP contribution in [-0.4, -0.2) is 40.3 Å². The number of aliphatic carboxylic acids is 1. The number of hydrogen-bond donors (Lipinski definition) is 1. The fraction of sp³-hybridized carbons (Fsp3) is 0.529. The molecule has 0 bridgehead atoms. The molecular weight excluding hydrogens is 301 g/mol. The Morgan fingerprint density at radius 3 is 2.57 bits per heavy atom. The van der Waals surface area contributed by atoms with E-state index in [4.69, 9.17) is 4.74 Å². The molecule has 1 spiro atoms. The third-order valence-electron chi connectivity index (χ3n) is 4.92. The Kier molecular flexibility index (Phi) is 4.10. The molecule has 1 N–H and O–H groups in total. The second-order valence-corrected chi connectivity index (χ2v) is 6.45. The molecule has 124 valence electrons. The molecule has 1 amide bonds. The zero-order valence-corrected chi connectivity index (χ0v) is 13.0. The molecule has 5 nitrogen and oxygen atoms in total. The zero-order chi connectivity index (χ0) is 16.6. The molecule has 1 aliphatic carbocycles. The fourth-order valence-corrected chi connectivity index (χ4v) is 3.53. The molecule has 6 heteroatoms. The molecule has 0 radical (unpaired) electrons. The summed E-state index contributed by atoms with van der Waals surface area (Å²) in [5, 5.41) is 9.45. The van der Waals surface area contributed by atoms with E-state index in [1.54, 1.807) is 6.07 Å². The van der Waals surface area contributed by atoms with Crippen molar-refractivity contribution in [3.63, 3.8) is 0 Å². The van der Waals surface area contributed by atoms with Crippen LogP contribution < -0.4 is 0 Å². The molecule has 1 atom stereocenters. The second kappa shape index (κ2) is 5.92. The number of nitrogens with zero attached hydrogens (tertiary/aromatic N) is 1. The van der Waals surface area contributed by atoms with Crippen molar-refractivity contribution in [2.45, 2.75) is 44.4 Å². The predicted octanol–water partition coefficient (Wildman–Crippen LogP) is 2.66. The van der Waals surface area contributed by atoms with Gasteiger partial charge >= 0.3 is 5.97 Å². The molecule has 1 heterocycles. The van der Waals surface area contributed by atoms with Gasteiger partial charge in [-0.1, -0.05) is 19.1 Å². The molecular formula is C17H20FNO4. The summed E-state index contributed by atoms with van der Waals surface area (Å²) in [4.78, 5) is 25.7. The van der Waals surface area contributed by atoms with Crippen LogP contribution in [0.5, 0.6) is 0 Å². The van der Waals surface area contributed by atoms with Crippen molar-refractivity contribution in [1.82, 2.24) is 4.90 Å². The van der Waals surface area contributed by atoms with Crippen LogP contribution in [0.1, 0.15) is 43.0 Å². The maximum Gasteiger partial charge on any atom is 0.328 e. The number of carbonyl (C=O) groups is 2. The quantitative estimate of drug-likeness (QED) is 0.909. The smallest absolute Gasteiger partial charge is 0.328 e. The lowest BCUT2D eigenvalue weighted by atomic mass is 9.83. The average Bonchev–Trinajstić information content (AvgIpc) is 2.90. The molecule has 23 heavy (non-hydrogen) atoms. The summed E-state index contributed by atoms with van der Waals surface area (Å²) in [5.41, 5.74) is -1.03. The number of rotatable bonds is 2. The van der Waals surface area contributed by atoms with Crippen molar-refractivity contribution in [1.29, 1.82) is 0 Å². The van der Waals surface area contributed by atoms with Crippen molar-refractivity contribution in [2.75, 3.05) is 6.61 Å². The highest BCUT2D eigenvalue weighted by atomic mass is 19.1. The van der Waals surface area contributed by atoms with E-state index in [-0.39, 0.29) is 12.2 Å². The Morgan fingerprint density at radius 1 is 1.30 bits per heavy atom. The largest absolute Gasteiger partial charge is 0.480 e. The van der Waals surface area contributed by atoms with E-state index in [2.05, 4.69) is 6.92 Å². The highest BCUT2D eigenvalue weighted by molar-refractivity contribution is 5.97. The summed E-state index contributed by atoms with van der Waals surface area (Å²) in [6.45, 7) is 2.07. The molecule has 2 aliphatic rings. The van der Waals surface area contributed by atoms with E-state index in [0.29, 0.717) is 18.8 Å². The topological polar surface area (TPSA) is 66.8 Å². The molecule has 3 rings (SSSR count). The number of carbonyl (C=O) groups excluding carboxylic acids is 1. The SMILES string of the molecule is CC1CCC2(CC1)OC[C@@H](C(=O)O)N2C(=O)c1ccccc1F. The predicted molar refractivity (Wildman–Crippen MR) is 80.3 cm³/mol. The van der Waals surface area contributed by atoms with Crippen molar-refractivity contribution >= 4 is 11.9 Å². The normalized spacial score (nSPS) is 30.6. The fourth-order valence-electron chi connectivity index (χ4n) is 3.53. The number of halogens is 1. The monoisotopic (exact) mass is 321 g/mol. The summed E-state index contributed by atoms with van der Waals surface area (Å²) < 4.78 is 19.8. The van der Waals surface area contributed by atoms with Gasteiger partial charge in [-0.25, -0.2) is 9.18 Å². The van der Waals surface area contributed by atoms with Crippen LogP contribution in [0, 0.1) is 11.7 Å². The Bertz CT molecular complexity index is 625. The van der Waals surface area contributed by atoms with Crippen LogP contribution in [0.25, 0.3) is 0 Å². The summed E-state index contributed by atoms with van der Waals surface area (Å²) >= 11 is 0. The molecule has 1 saturated heterocycles. The van der Waals surface area contributed by atoms with Gasteiger partial charge in [0, 0.05) is 0 Å². The molecule has 2 fully saturated rings. The van der Waals surface area contributed by atoms with Gasteiger partial charge in [0.2, 0.25) is 0 Å². The van der Waals surface area contributed by atoms with E-state index in [0.717, 1.165) is 12.8 Å². The Labute approximate surface area is 134 Å². The lowest BCUT2D eigenvalue weighted by Crippen LogP contribution is -2.55. The van der Waals surface area contributed by atoms with Crippen LogP contribution in [0.4, 0.5) is 4.39 Å². The lowest BCUT2D eigenvalue weighted by Gasteiger charge is -2.42. The maximum atomic E-state index is 14.0. The van der Waals surface area contributed by atoms with Crippen LogP contribution in [0.2, 0.25) is 0 Å². The first-order valence-electron chi connectivity index (χ1n) is 7.89. The Hall–Kier alpha value is -1.95. The minimum Gasteiger partial charge on any atom is -0.480 e. The highest BCUT2D eigenvalue weighted by Gasteiger charge is 2.54. The van der Waals surface area contributed by atoms with Gasteiger partial charge in [0.1, 0.15) is 11.5 Å². The van der Waals surface area contributed by atoms with Gasteiger partial charge in [-0.3, -0.25) is 9.69 Å². The molecule has 1 aliphatic heterocycles.